The third-order valence-corrected chi connectivity index (χ3v) is 10.4. The van der Waals surface area contributed by atoms with Crippen molar-refractivity contribution in [1.29, 1.82) is 0 Å². The summed E-state index contributed by atoms with van der Waals surface area (Å²) in [5.74, 6) is -1.82. The Kier molecular flexibility index (Phi) is 12.8. The van der Waals surface area contributed by atoms with Crippen LogP contribution < -0.4 is 35.5 Å². The molecule has 17 heteroatoms. The number of hydrogen-bond donors (Lipinski definition) is 5. The Morgan fingerprint density at radius 1 is 0.893 bits per heavy atom. The van der Waals surface area contributed by atoms with E-state index in [1.165, 1.54) is 36.2 Å². The Morgan fingerprint density at radius 2 is 1.55 bits per heavy atom. The number of carbonyl (C=O) groups excluding carboxylic acids is 5. The first-order valence-electron chi connectivity index (χ1n) is 17.7. The highest BCUT2D eigenvalue weighted by molar-refractivity contribution is 7.90. The molecule has 3 aromatic carbocycles. The van der Waals surface area contributed by atoms with Crippen molar-refractivity contribution < 1.29 is 41.9 Å². The molecule has 56 heavy (non-hydrogen) atoms. The van der Waals surface area contributed by atoms with Crippen LogP contribution in [0.5, 0.6) is 11.5 Å². The quantitative estimate of drug-likeness (QED) is 0.133. The van der Waals surface area contributed by atoms with E-state index >= 15 is 0 Å². The summed E-state index contributed by atoms with van der Waals surface area (Å²) in [5.41, 5.74) is 1.18. The van der Waals surface area contributed by atoms with Crippen LogP contribution in [0.2, 0.25) is 0 Å². The SMILES string of the molecule is CNC(=O)CNC(=O)C(NC(=O)N1C[C@H](Oc2cc(-c3ccccc3)nc3cc(OC)ccc23)CC1C(=O)NCC(=O)NS(=O)(=O)c1ccccc1)C(C)(C)C. The van der Waals surface area contributed by atoms with Gasteiger partial charge in [-0.2, -0.15) is 0 Å². The van der Waals surface area contributed by atoms with Crippen LogP contribution in [0.3, 0.4) is 0 Å². The second-order valence-electron chi connectivity index (χ2n) is 14.1. The number of sulfonamides is 1. The van der Waals surface area contributed by atoms with Gasteiger partial charge >= 0.3 is 6.03 Å². The van der Waals surface area contributed by atoms with Gasteiger partial charge in [0, 0.05) is 36.6 Å². The van der Waals surface area contributed by atoms with Gasteiger partial charge in [0.25, 0.3) is 15.9 Å². The third-order valence-electron chi connectivity index (χ3n) is 8.99. The molecule has 1 saturated heterocycles. The zero-order valence-electron chi connectivity index (χ0n) is 31.6. The Hall–Kier alpha value is -6.23. The van der Waals surface area contributed by atoms with E-state index in [-0.39, 0.29) is 24.4 Å². The molecule has 0 bridgehead atoms. The highest BCUT2D eigenvalue weighted by atomic mass is 32.2. The fourth-order valence-corrected chi connectivity index (χ4v) is 7.07. The smallest absolute Gasteiger partial charge is 0.318 e. The lowest BCUT2D eigenvalue weighted by Crippen LogP contribution is -2.59. The van der Waals surface area contributed by atoms with Crippen LogP contribution in [0.1, 0.15) is 27.2 Å². The van der Waals surface area contributed by atoms with E-state index in [4.69, 9.17) is 14.5 Å². The van der Waals surface area contributed by atoms with Gasteiger partial charge in [-0.1, -0.05) is 69.3 Å². The number of ether oxygens (including phenoxy) is 2. The van der Waals surface area contributed by atoms with Gasteiger partial charge in [-0.05, 0) is 29.7 Å². The molecule has 3 atom stereocenters. The number of rotatable bonds is 13. The van der Waals surface area contributed by atoms with Crippen molar-refractivity contribution in [2.45, 2.75) is 50.3 Å². The molecule has 0 aliphatic carbocycles. The maximum atomic E-state index is 14.1. The van der Waals surface area contributed by atoms with Crippen LogP contribution in [0, 0.1) is 5.41 Å². The first-order chi connectivity index (χ1) is 26.6. The number of benzene rings is 3. The minimum absolute atomic E-state index is 0.0348. The molecule has 16 nitrogen and oxygen atoms in total. The van der Waals surface area contributed by atoms with Gasteiger partial charge in [0.1, 0.15) is 29.7 Å². The lowest BCUT2D eigenvalue weighted by atomic mass is 9.86. The topological polar surface area (TPSA) is 214 Å². The molecule has 0 saturated carbocycles. The molecule has 0 radical (unpaired) electrons. The molecule has 5 rings (SSSR count). The minimum Gasteiger partial charge on any atom is -0.497 e. The van der Waals surface area contributed by atoms with Crippen LogP contribution >= 0.6 is 0 Å². The van der Waals surface area contributed by atoms with Crippen LogP contribution in [0.4, 0.5) is 4.79 Å². The van der Waals surface area contributed by atoms with E-state index in [1.807, 2.05) is 35.1 Å². The molecule has 0 spiro atoms. The number of likely N-dealkylation sites (N-methyl/N-ethyl adjacent to an activating group) is 1. The van der Waals surface area contributed by atoms with Crippen molar-refractivity contribution in [3.05, 3.63) is 84.9 Å². The van der Waals surface area contributed by atoms with Crippen LogP contribution in [-0.4, -0.2) is 99.9 Å². The largest absolute Gasteiger partial charge is 0.497 e. The van der Waals surface area contributed by atoms with E-state index < -0.39 is 69.8 Å². The van der Waals surface area contributed by atoms with Crippen molar-refractivity contribution in [3.63, 3.8) is 0 Å². The number of nitrogens with one attached hydrogen (secondary N) is 5. The average Bonchev–Trinajstić information content (AvgIpc) is 3.61. The summed E-state index contributed by atoms with van der Waals surface area (Å²) in [6.07, 6.45) is -0.803. The number of hydrogen-bond acceptors (Lipinski definition) is 10. The van der Waals surface area contributed by atoms with Crippen molar-refractivity contribution in [3.8, 4) is 22.8 Å². The second-order valence-corrected chi connectivity index (χ2v) is 15.8. The lowest BCUT2D eigenvalue weighted by molar-refractivity contribution is -0.129. The van der Waals surface area contributed by atoms with Gasteiger partial charge in [0.15, 0.2) is 0 Å². The van der Waals surface area contributed by atoms with Crippen molar-refractivity contribution in [1.82, 2.24) is 35.9 Å². The Morgan fingerprint density at radius 3 is 2.20 bits per heavy atom. The zero-order valence-corrected chi connectivity index (χ0v) is 32.4. The number of pyridine rings is 1. The predicted molar refractivity (Wildman–Crippen MR) is 207 cm³/mol. The number of carbonyl (C=O) groups is 5. The van der Waals surface area contributed by atoms with Gasteiger partial charge < -0.3 is 35.6 Å². The van der Waals surface area contributed by atoms with Crippen LogP contribution in [0.25, 0.3) is 22.2 Å². The molecule has 1 aliphatic heterocycles. The summed E-state index contributed by atoms with van der Waals surface area (Å²) in [6, 6.07) is 20.7. The van der Waals surface area contributed by atoms with E-state index in [1.54, 1.807) is 58.2 Å². The molecule has 6 amide bonds. The van der Waals surface area contributed by atoms with Gasteiger partial charge in [-0.3, -0.25) is 19.2 Å². The van der Waals surface area contributed by atoms with E-state index in [9.17, 15) is 32.4 Å². The third kappa shape index (κ3) is 10.1. The number of urea groups is 1. The predicted octanol–water partition coefficient (Wildman–Crippen LogP) is 2.34. The van der Waals surface area contributed by atoms with Gasteiger partial charge in [-0.15, -0.1) is 0 Å². The van der Waals surface area contributed by atoms with E-state index in [0.29, 0.717) is 28.1 Å². The van der Waals surface area contributed by atoms with Crippen LogP contribution in [0.15, 0.2) is 89.8 Å². The Labute approximate surface area is 324 Å². The molecule has 1 fully saturated rings. The monoisotopic (exact) mass is 787 g/mol. The highest BCUT2D eigenvalue weighted by Gasteiger charge is 2.43. The fourth-order valence-electron chi connectivity index (χ4n) is 6.06. The van der Waals surface area contributed by atoms with Crippen molar-refractivity contribution in [2.75, 3.05) is 33.8 Å². The molecule has 4 aromatic rings. The first-order valence-corrected chi connectivity index (χ1v) is 19.2. The molecule has 1 aromatic heterocycles. The molecule has 5 N–H and O–H groups in total. The lowest BCUT2D eigenvalue weighted by Gasteiger charge is -2.33. The zero-order chi connectivity index (χ0) is 40.6. The summed E-state index contributed by atoms with van der Waals surface area (Å²) in [7, 11) is -1.24. The Bertz CT molecular complexity index is 2200. The molecule has 1 aliphatic rings. The van der Waals surface area contributed by atoms with Crippen molar-refractivity contribution in [2.24, 2.45) is 5.41 Å². The van der Waals surface area contributed by atoms with Gasteiger partial charge in [0.2, 0.25) is 17.7 Å². The number of fused-ring (bicyclic) bond motifs is 1. The summed E-state index contributed by atoms with van der Waals surface area (Å²) >= 11 is 0. The summed E-state index contributed by atoms with van der Waals surface area (Å²) in [5, 5.41) is 10.8. The fraction of sp³-hybridized carbons (Fsp3) is 0.333. The standard InChI is InChI=1S/C39H45N7O9S/c1-39(2,3)35(37(50)42-21-33(47)40-4)44-38(51)46-23-26(19-31(46)36(49)41-22-34(48)45-56(52,53)27-14-10-7-11-15-27)55-32-20-29(24-12-8-6-9-13-24)43-30-18-25(54-5)16-17-28(30)32/h6-18,20,26,31,35H,19,21-23H2,1-5H3,(H,40,47)(H,41,49)(H,42,50)(H,44,51)(H,45,48)/t26-,31?,35?/m1/s1. The van der Waals surface area contributed by atoms with Crippen LogP contribution in [-0.2, 0) is 29.2 Å². The van der Waals surface area contributed by atoms with E-state index in [2.05, 4.69) is 21.3 Å². The minimum atomic E-state index is -4.21. The summed E-state index contributed by atoms with van der Waals surface area (Å²) in [4.78, 5) is 71.6. The highest BCUT2D eigenvalue weighted by Crippen LogP contribution is 2.34. The number of nitrogens with zero attached hydrogens (tertiary/aromatic N) is 2. The maximum absolute atomic E-state index is 14.1. The number of methoxy groups -OCH3 is 1. The summed E-state index contributed by atoms with van der Waals surface area (Å²) < 4.78 is 39.3. The molecular weight excluding hydrogens is 743 g/mol. The summed E-state index contributed by atoms with van der Waals surface area (Å²) in [6.45, 7) is 4.04. The van der Waals surface area contributed by atoms with Gasteiger partial charge in [-0.25, -0.2) is 22.9 Å². The number of aromatic nitrogens is 1. The normalized spacial score (nSPS) is 16.0. The van der Waals surface area contributed by atoms with E-state index in [0.717, 1.165) is 5.56 Å². The molecule has 2 heterocycles. The molecule has 296 valence electrons. The number of likely N-dealkylation sites (tertiary alicyclic amines) is 1. The number of amides is 6. The maximum Gasteiger partial charge on any atom is 0.318 e. The molecule has 2 unspecified atom stereocenters. The molecular formula is C39H45N7O9S. The average molecular weight is 788 g/mol. The van der Waals surface area contributed by atoms with Crippen molar-refractivity contribution >= 4 is 50.6 Å². The first kappa shape index (κ1) is 40.9. The second kappa shape index (κ2) is 17.5. The Balaban J connectivity index is 1.41. The van der Waals surface area contributed by atoms with Gasteiger partial charge in [0.05, 0.1) is 42.9 Å².